The fourth-order valence-electron chi connectivity index (χ4n) is 9.87. The van der Waals surface area contributed by atoms with Gasteiger partial charge in [-0.05, 0) is 78.5 Å². The molecule has 3 aromatic heterocycles. The molecule has 1 saturated heterocycles. The van der Waals surface area contributed by atoms with Crippen LogP contribution in [-0.4, -0.2) is 101 Å². The third-order valence-electron chi connectivity index (χ3n) is 12.8. The Morgan fingerprint density at radius 3 is 2.36 bits per heavy atom. The number of nitrogens with zero attached hydrogens (tertiary/aromatic N) is 4. The second-order valence-electron chi connectivity index (χ2n) is 16.9. The molecule has 304 valence electrons. The standard InChI is InChI=1S/C45H45N5O9/c1-49-36-10-11-46-21-35(36)32-5-2-27(16-38(32)49)28-3-9-40(47-20-28)59-31-17-30(18-31)58-26-45-22-44(23-45,24-45)25-56-13-12-55-14-15-57-29-4-6-33-34(19-29)43(54)50(42(33)53)37-7-8-39(51)48-41(37)52/h2-6,9-11,16,19-21,30-31,37H,7-8,12-15,17-18,22-26H2,1H3,(H,48,51,52)/t30-,31-,37?,44?,45?. The van der Waals surface area contributed by atoms with E-state index >= 15 is 0 Å². The van der Waals surface area contributed by atoms with Crippen LogP contribution in [0.4, 0.5) is 0 Å². The Morgan fingerprint density at radius 2 is 1.54 bits per heavy atom. The lowest BCUT2D eigenvalue weighted by molar-refractivity contribution is -0.264. The fraction of sp³-hybridized carbons (Fsp3) is 0.422. The zero-order chi connectivity index (χ0) is 40.3. The van der Waals surface area contributed by atoms with E-state index in [4.69, 9.17) is 23.7 Å². The highest BCUT2D eigenvalue weighted by atomic mass is 16.5. The van der Waals surface area contributed by atoms with E-state index < -0.39 is 29.7 Å². The largest absolute Gasteiger partial charge is 0.491 e. The molecule has 4 aliphatic carbocycles. The number of amides is 4. The topological polar surface area (TPSA) is 160 Å². The van der Waals surface area contributed by atoms with Crippen molar-refractivity contribution in [1.29, 1.82) is 0 Å². The van der Waals surface area contributed by atoms with Crippen LogP contribution in [0, 0.1) is 10.8 Å². The van der Waals surface area contributed by atoms with Crippen LogP contribution in [0.2, 0.25) is 0 Å². The van der Waals surface area contributed by atoms with Gasteiger partial charge in [0.1, 0.15) is 24.5 Å². The molecule has 6 aliphatic rings. The van der Waals surface area contributed by atoms with Gasteiger partial charge in [0.15, 0.2) is 0 Å². The average molecular weight is 800 g/mol. The molecule has 59 heavy (non-hydrogen) atoms. The minimum absolute atomic E-state index is 0.0709. The fourth-order valence-corrected chi connectivity index (χ4v) is 9.87. The third-order valence-corrected chi connectivity index (χ3v) is 12.8. The number of pyridine rings is 2. The van der Waals surface area contributed by atoms with Crippen LogP contribution in [0.25, 0.3) is 32.9 Å². The number of aryl methyl sites for hydroxylation is 1. The van der Waals surface area contributed by atoms with Gasteiger partial charge in [0.05, 0.1) is 55.8 Å². The molecule has 11 rings (SSSR count). The first-order valence-electron chi connectivity index (χ1n) is 20.4. The van der Waals surface area contributed by atoms with Crippen molar-refractivity contribution in [2.75, 3.05) is 39.6 Å². The smallest absolute Gasteiger partial charge is 0.262 e. The number of ether oxygens (including phenoxy) is 5. The molecule has 4 amide bonds. The normalized spacial score (nSPS) is 25.7. The summed E-state index contributed by atoms with van der Waals surface area (Å²) in [7, 11) is 2.09. The van der Waals surface area contributed by atoms with Gasteiger partial charge in [0.25, 0.3) is 11.8 Å². The lowest BCUT2D eigenvalue weighted by Gasteiger charge is -2.70. The van der Waals surface area contributed by atoms with Gasteiger partial charge in [-0.3, -0.25) is 34.4 Å². The van der Waals surface area contributed by atoms with Gasteiger partial charge < -0.3 is 28.3 Å². The van der Waals surface area contributed by atoms with Crippen LogP contribution in [-0.2, 0) is 30.8 Å². The number of rotatable bonds is 16. The molecule has 4 saturated carbocycles. The molecule has 1 unspecified atom stereocenters. The first kappa shape index (κ1) is 37.6. The van der Waals surface area contributed by atoms with E-state index in [9.17, 15) is 19.2 Å². The van der Waals surface area contributed by atoms with Crippen LogP contribution in [0.5, 0.6) is 11.6 Å². The highest BCUT2D eigenvalue weighted by Gasteiger charge is 2.67. The summed E-state index contributed by atoms with van der Waals surface area (Å²) in [4.78, 5) is 59.6. The second kappa shape index (κ2) is 14.8. The van der Waals surface area contributed by atoms with Crippen molar-refractivity contribution in [3.63, 3.8) is 0 Å². The molecule has 2 aromatic carbocycles. The van der Waals surface area contributed by atoms with Gasteiger partial charge >= 0.3 is 0 Å². The summed E-state index contributed by atoms with van der Waals surface area (Å²) >= 11 is 0. The van der Waals surface area contributed by atoms with Crippen LogP contribution in [0.15, 0.2) is 73.2 Å². The second-order valence-corrected chi connectivity index (χ2v) is 16.9. The first-order chi connectivity index (χ1) is 28.7. The summed E-state index contributed by atoms with van der Waals surface area (Å²) < 4.78 is 32.1. The Labute approximate surface area is 340 Å². The summed E-state index contributed by atoms with van der Waals surface area (Å²) in [5.74, 6) is -1.10. The Bertz CT molecular complexity index is 2470. The van der Waals surface area contributed by atoms with Crippen molar-refractivity contribution >= 4 is 45.4 Å². The summed E-state index contributed by atoms with van der Waals surface area (Å²) in [6, 6.07) is 16.2. The maximum Gasteiger partial charge on any atom is 0.262 e. The number of hydrogen-bond donors (Lipinski definition) is 1. The molecule has 14 nitrogen and oxygen atoms in total. The van der Waals surface area contributed by atoms with Crippen LogP contribution >= 0.6 is 0 Å². The summed E-state index contributed by atoms with van der Waals surface area (Å²) in [6.45, 7) is 3.05. The molecule has 2 bridgehead atoms. The van der Waals surface area contributed by atoms with E-state index in [1.807, 2.05) is 30.7 Å². The van der Waals surface area contributed by atoms with Crippen LogP contribution in [0.1, 0.15) is 65.7 Å². The number of fused-ring (bicyclic) bond motifs is 4. The van der Waals surface area contributed by atoms with Crippen LogP contribution < -0.4 is 14.8 Å². The lowest BCUT2D eigenvalue weighted by atomic mass is 9.35. The SMILES string of the molecule is Cn1c2ccncc2c2ccc(-c3ccc(O[C@H]4C[C@H](OCC56CC(COCCOCCOc7ccc8c(c7)C(=O)N(C7CCC(=O)NC7=O)C8=O)(C5)C6)C4)nc3)cc21. The number of imide groups is 2. The molecule has 14 heteroatoms. The third kappa shape index (κ3) is 6.92. The van der Waals surface area contributed by atoms with E-state index in [0.717, 1.165) is 72.2 Å². The Kier molecular flexibility index (Phi) is 9.45. The Morgan fingerprint density at radius 1 is 0.763 bits per heavy atom. The van der Waals surface area contributed by atoms with Gasteiger partial charge in [0.2, 0.25) is 17.7 Å². The quantitative estimate of drug-likeness (QED) is 0.101. The number of piperidine rings is 1. The number of carbonyl (C=O) groups excluding carboxylic acids is 4. The molecule has 1 N–H and O–H groups in total. The van der Waals surface area contributed by atoms with Crippen molar-refractivity contribution < 1.29 is 42.9 Å². The van der Waals surface area contributed by atoms with Crippen molar-refractivity contribution in [2.45, 2.75) is 63.2 Å². The zero-order valence-electron chi connectivity index (χ0n) is 32.8. The van der Waals surface area contributed by atoms with Gasteiger partial charge in [-0.15, -0.1) is 0 Å². The highest BCUT2D eigenvalue weighted by molar-refractivity contribution is 6.23. The number of carbonyl (C=O) groups is 4. The molecule has 5 heterocycles. The lowest BCUT2D eigenvalue weighted by Crippen LogP contribution is -2.66. The molecule has 0 radical (unpaired) electrons. The molecule has 0 spiro atoms. The Balaban J connectivity index is 0.585. The summed E-state index contributed by atoms with van der Waals surface area (Å²) in [5.41, 5.74) is 5.45. The summed E-state index contributed by atoms with van der Waals surface area (Å²) in [6.07, 6.45) is 11.4. The van der Waals surface area contributed by atoms with Crippen molar-refractivity contribution in [2.24, 2.45) is 17.9 Å². The molecule has 2 aliphatic heterocycles. The highest BCUT2D eigenvalue weighted by Crippen LogP contribution is 2.73. The first-order valence-corrected chi connectivity index (χ1v) is 20.4. The minimum Gasteiger partial charge on any atom is -0.491 e. The van der Waals surface area contributed by atoms with Crippen molar-refractivity contribution in [1.82, 2.24) is 24.8 Å². The molecule has 5 aromatic rings. The zero-order valence-corrected chi connectivity index (χ0v) is 32.8. The predicted octanol–water partition coefficient (Wildman–Crippen LogP) is 5.40. The van der Waals surface area contributed by atoms with E-state index in [-0.39, 0.29) is 48.2 Å². The maximum atomic E-state index is 13.0. The number of nitrogens with one attached hydrogen (secondary N) is 1. The molecule has 1 atom stereocenters. The van der Waals surface area contributed by atoms with Gasteiger partial charge in [0, 0.05) is 72.8 Å². The van der Waals surface area contributed by atoms with E-state index in [1.165, 1.54) is 23.0 Å². The molecule has 5 fully saturated rings. The maximum absolute atomic E-state index is 13.0. The van der Waals surface area contributed by atoms with E-state index in [1.54, 1.807) is 6.07 Å². The van der Waals surface area contributed by atoms with E-state index in [2.05, 4.69) is 51.2 Å². The van der Waals surface area contributed by atoms with Gasteiger partial charge in [-0.1, -0.05) is 12.1 Å². The van der Waals surface area contributed by atoms with Crippen molar-refractivity contribution in [3.05, 3.63) is 84.3 Å². The van der Waals surface area contributed by atoms with Crippen molar-refractivity contribution in [3.8, 4) is 22.8 Å². The average Bonchev–Trinajstić information content (AvgIpc) is 3.62. The molecular formula is C45H45N5O9. The molecular weight excluding hydrogens is 755 g/mol. The van der Waals surface area contributed by atoms with E-state index in [0.29, 0.717) is 36.9 Å². The van der Waals surface area contributed by atoms with Crippen LogP contribution in [0.3, 0.4) is 0 Å². The number of benzene rings is 2. The summed E-state index contributed by atoms with van der Waals surface area (Å²) in [5, 5.41) is 4.55. The monoisotopic (exact) mass is 799 g/mol. The van der Waals surface area contributed by atoms with Gasteiger partial charge in [-0.25, -0.2) is 4.98 Å². The number of hydrogen-bond acceptors (Lipinski definition) is 11. The number of aromatic nitrogens is 3. The minimum atomic E-state index is -1.00. The van der Waals surface area contributed by atoms with Gasteiger partial charge in [-0.2, -0.15) is 0 Å². The predicted molar refractivity (Wildman–Crippen MR) is 214 cm³/mol. The Hall–Kier alpha value is -5.70.